The smallest absolute Gasteiger partial charge is 0.383 e. The molecule has 0 aliphatic rings. The van der Waals surface area contributed by atoms with Gasteiger partial charge in [-0.3, -0.25) is 4.79 Å². The summed E-state index contributed by atoms with van der Waals surface area (Å²) >= 11 is 0. The predicted octanol–water partition coefficient (Wildman–Crippen LogP) is 5.29. The third-order valence-corrected chi connectivity index (χ3v) is 4.46. The number of nitrogens with one attached hydrogen (secondary N) is 1. The summed E-state index contributed by atoms with van der Waals surface area (Å²) in [5, 5.41) is 4.56. The van der Waals surface area contributed by atoms with Crippen LogP contribution in [0.4, 0.5) is 13.2 Å². The molecule has 0 radical (unpaired) electrons. The summed E-state index contributed by atoms with van der Waals surface area (Å²) in [6, 6.07) is 15.8. The first-order valence-electron chi connectivity index (χ1n) is 8.80. The van der Waals surface area contributed by atoms with E-state index in [-0.39, 0.29) is 11.9 Å². The van der Waals surface area contributed by atoms with E-state index in [1.165, 1.54) is 12.1 Å². The molecule has 0 spiro atoms. The third kappa shape index (κ3) is 4.34. The van der Waals surface area contributed by atoms with Crippen molar-refractivity contribution >= 4 is 16.7 Å². The molecule has 0 aliphatic heterocycles. The zero-order valence-electron chi connectivity index (χ0n) is 15.5. The Morgan fingerprint density at radius 1 is 1.07 bits per heavy atom. The number of benzene rings is 3. The van der Waals surface area contributed by atoms with Crippen LogP contribution in [0.3, 0.4) is 0 Å². The Morgan fingerprint density at radius 3 is 2.43 bits per heavy atom. The highest BCUT2D eigenvalue weighted by Gasteiger charge is 2.30. The molecule has 146 valence electrons. The average molecular weight is 387 g/mol. The van der Waals surface area contributed by atoms with Gasteiger partial charge >= 0.3 is 6.18 Å². The van der Waals surface area contributed by atoms with Gasteiger partial charge in [0.05, 0.1) is 12.2 Å². The number of methoxy groups -OCH3 is 1. The average Bonchev–Trinajstić information content (AvgIpc) is 2.66. The first-order valence-corrected chi connectivity index (χ1v) is 8.80. The molecular weight excluding hydrogens is 367 g/mol. The van der Waals surface area contributed by atoms with Gasteiger partial charge in [0.2, 0.25) is 0 Å². The molecule has 28 heavy (non-hydrogen) atoms. The minimum atomic E-state index is -4.36. The minimum absolute atomic E-state index is 0.119. The highest BCUT2D eigenvalue weighted by atomic mass is 19.4. The molecule has 0 heterocycles. The van der Waals surface area contributed by atoms with Crippen LogP contribution in [0.25, 0.3) is 21.9 Å². The number of carbonyl (C=O) groups is 1. The monoisotopic (exact) mass is 387 g/mol. The first kappa shape index (κ1) is 19.9. The normalized spacial score (nSPS) is 12.8. The van der Waals surface area contributed by atoms with Gasteiger partial charge in [-0.05, 0) is 53.1 Å². The molecule has 0 bridgehead atoms. The summed E-state index contributed by atoms with van der Waals surface area (Å²) < 4.78 is 43.4. The number of ether oxygens (including phenoxy) is 1. The quantitative estimate of drug-likeness (QED) is 0.646. The van der Waals surface area contributed by atoms with E-state index in [2.05, 4.69) is 5.32 Å². The van der Waals surface area contributed by atoms with E-state index in [1.807, 2.05) is 31.2 Å². The largest absolute Gasteiger partial charge is 0.416 e. The molecule has 1 atom stereocenters. The van der Waals surface area contributed by atoms with Crippen molar-refractivity contribution in [1.29, 1.82) is 0 Å². The van der Waals surface area contributed by atoms with Crippen molar-refractivity contribution < 1.29 is 22.7 Å². The lowest BCUT2D eigenvalue weighted by Gasteiger charge is -2.14. The molecule has 6 heteroatoms. The maximum Gasteiger partial charge on any atom is 0.416 e. The van der Waals surface area contributed by atoms with E-state index in [0.717, 1.165) is 28.5 Å². The van der Waals surface area contributed by atoms with Crippen molar-refractivity contribution in [2.24, 2.45) is 0 Å². The molecule has 0 saturated carbocycles. The lowest BCUT2D eigenvalue weighted by molar-refractivity contribution is -0.137. The van der Waals surface area contributed by atoms with Crippen LogP contribution in [0, 0.1) is 0 Å². The van der Waals surface area contributed by atoms with Gasteiger partial charge in [0.15, 0.2) is 0 Å². The van der Waals surface area contributed by atoms with E-state index in [1.54, 1.807) is 19.2 Å². The third-order valence-electron chi connectivity index (χ3n) is 4.46. The Labute approximate surface area is 161 Å². The van der Waals surface area contributed by atoms with Crippen LogP contribution < -0.4 is 5.32 Å². The Morgan fingerprint density at radius 2 is 1.79 bits per heavy atom. The predicted molar refractivity (Wildman–Crippen MR) is 103 cm³/mol. The fourth-order valence-corrected chi connectivity index (χ4v) is 3.11. The molecule has 1 amide bonds. The zero-order valence-corrected chi connectivity index (χ0v) is 15.5. The highest BCUT2D eigenvalue weighted by Crippen LogP contribution is 2.33. The van der Waals surface area contributed by atoms with Crippen molar-refractivity contribution in [2.75, 3.05) is 13.7 Å². The van der Waals surface area contributed by atoms with Crippen LogP contribution in [0.15, 0.2) is 60.7 Å². The minimum Gasteiger partial charge on any atom is -0.383 e. The van der Waals surface area contributed by atoms with Gasteiger partial charge in [0.1, 0.15) is 0 Å². The maximum absolute atomic E-state index is 12.8. The lowest BCUT2D eigenvalue weighted by atomic mass is 9.96. The van der Waals surface area contributed by atoms with Gasteiger partial charge in [-0.15, -0.1) is 0 Å². The summed E-state index contributed by atoms with van der Waals surface area (Å²) in [4.78, 5) is 12.4. The molecule has 0 aromatic heterocycles. The van der Waals surface area contributed by atoms with E-state index in [0.29, 0.717) is 17.7 Å². The topological polar surface area (TPSA) is 38.3 Å². The van der Waals surface area contributed by atoms with Crippen LogP contribution in [-0.4, -0.2) is 25.7 Å². The molecule has 1 unspecified atom stereocenters. The van der Waals surface area contributed by atoms with Gasteiger partial charge in [0, 0.05) is 18.7 Å². The van der Waals surface area contributed by atoms with E-state index in [9.17, 15) is 18.0 Å². The van der Waals surface area contributed by atoms with Crippen molar-refractivity contribution in [3.63, 3.8) is 0 Å². The Hall–Kier alpha value is -2.86. The van der Waals surface area contributed by atoms with Crippen LogP contribution >= 0.6 is 0 Å². The summed E-state index contributed by atoms with van der Waals surface area (Å²) in [7, 11) is 1.57. The van der Waals surface area contributed by atoms with Crippen LogP contribution in [-0.2, 0) is 10.9 Å². The van der Waals surface area contributed by atoms with Crippen molar-refractivity contribution in [1.82, 2.24) is 5.32 Å². The summed E-state index contributed by atoms with van der Waals surface area (Å²) in [5.74, 6) is -0.202. The molecule has 3 nitrogen and oxygen atoms in total. The number of hydrogen-bond donors (Lipinski definition) is 1. The van der Waals surface area contributed by atoms with Gasteiger partial charge in [0.25, 0.3) is 5.91 Å². The standard InChI is InChI=1S/C22H20F3NO2/c1-14(13-28-2)26-21(27)17-8-11-20-16(12-17)4-3-5-19(20)15-6-9-18(10-7-15)22(23,24)25/h3-12,14H,13H2,1-2H3,(H,26,27). The molecule has 0 saturated heterocycles. The van der Waals surface area contributed by atoms with Gasteiger partial charge < -0.3 is 10.1 Å². The van der Waals surface area contributed by atoms with Gasteiger partial charge in [-0.25, -0.2) is 0 Å². The summed E-state index contributed by atoms with van der Waals surface area (Å²) in [5.41, 5.74) is 1.33. The summed E-state index contributed by atoms with van der Waals surface area (Å²) in [6.07, 6.45) is -4.36. The fraction of sp³-hybridized carbons (Fsp3) is 0.227. The number of amides is 1. The SMILES string of the molecule is COCC(C)NC(=O)c1ccc2c(-c3ccc(C(F)(F)F)cc3)cccc2c1. The van der Waals surface area contributed by atoms with E-state index < -0.39 is 11.7 Å². The molecule has 3 aromatic carbocycles. The molecule has 1 N–H and O–H groups in total. The van der Waals surface area contributed by atoms with Crippen LogP contribution in [0.2, 0.25) is 0 Å². The number of hydrogen-bond acceptors (Lipinski definition) is 2. The van der Waals surface area contributed by atoms with Gasteiger partial charge in [-0.2, -0.15) is 13.2 Å². The molecule has 3 aromatic rings. The second-order valence-corrected chi connectivity index (χ2v) is 6.65. The Kier molecular flexibility index (Phi) is 5.70. The van der Waals surface area contributed by atoms with E-state index in [4.69, 9.17) is 4.74 Å². The second kappa shape index (κ2) is 8.02. The van der Waals surface area contributed by atoms with Crippen molar-refractivity contribution in [3.05, 3.63) is 71.8 Å². The Bertz CT molecular complexity index is 981. The number of alkyl halides is 3. The number of fused-ring (bicyclic) bond motifs is 1. The van der Waals surface area contributed by atoms with Crippen LogP contribution in [0.1, 0.15) is 22.8 Å². The molecule has 0 aliphatic carbocycles. The number of rotatable bonds is 5. The maximum atomic E-state index is 12.8. The van der Waals surface area contributed by atoms with Gasteiger partial charge in [-0.1, -0.05) is 36.4 Å². The van der Waals surface area contributed by atoms with Crippen LogP contribution in [0.5, 0.6) is 0 Å². The number of halogens is 3. The zero-order chi connectivity index (χ0) is 20.3. The second-order valence-electron chi connectivity index (χ2n) is 6.65. The van der Waals surface area contributed by atoms with E-state index >= 15 is 0 Å². The molecule has 3 rings (SSSR count). The van der Waals surface area contributed by atoms with Crippen molar-refractivity contribution in [3.8, 4) is 11.1 Å². The first-order chi connectivity index (χ1) is 13.3. The Balaban J connectivity index is 1.93. The molecular formula is C22H20F3NO2. The highest BCUT2D eigenvalue weighted by molar-refractivity contribution is 6.02. The lowest BCUT2D eigenvalue weighted by Crippen LogP contribution is -2.35. The fourth-order valence-electron chi connectivity index (χ4n) is 3.11. The molecule has 0 fully saturated rings. The van der Waals surface area contributed by atoms with Crippen molar-refractivity contribution in [2.45, 2.75) is 19.1 Å². The number of carbonyl (C=O) groups excluding carboxylic acids is 1. The summed E-state index contributed by atoms with van der Waals surface area (Å²) in [6.45, 7) is 2.27.